The second kappa shape index (κ2) is 6.78. The highest BCUT2D eigenvalue weighted by Gasteiger charge is 2.15. The largest absolute Gasteiger partial charge is 0.506 e. The summed E-state index contributed by atoms with van der Waals surface area (Å²) < 4.78 is 5.11. The average Bonchev–Trinajstić information content (AvgIpc) is 2.37. The predicted molar refractivity (Wildman–Crippen MR) is 80.0 cm³/mol. The number of hydrogen-bond acceptors (Lipinski definition) is 4. The Morgan fingerprint density at radius 2 is 2.05 bits per heavy atom. The Kier molecular flexibility index (Phi) is 5.35. The number of alkyl carbamates (subject to hydrolysis) is 1. The summed E-state index contributed by atoms with van der Waals surface area (Å²) >= 11 is 0. The van der Waals surface area contributed by atoms with Gasteiger partial charge in [0.25, 0.3) is 0 Å². The number of ether oxygens (including phenoxy) is 1. The van der Waals surface area contributed by atoms with E-state index in [-0.39, 0.29) is 18.0 Å². The second-order valence-corrected chi connectivity index (χ2v) is 5.40. The summed E-state index contributed by atoms with van der Waals surface area (Å²) in [6.07, 6.45) is 0.567. The van der Waals surface area contributed by atoms with Gasteiger partial charge in [-0.25, -0.2) is 4.79 Å². The van der Waals surface area contributed by atoms with Crippen molar-refractivity contribution >= 4 is 17.7 Å². The molecule has 0 aromatic heterocycles. The lowest BCUT2D eigenvalue weighted by Crippen LogP contribution is -2.32. The van der Waals surface area contributed by atoms with Gasteiger partial charge in [-0.3, -0.25) is 4.79 Å². The summed E-state index contributed by atoms with van der Waals surface area (Å²) in [5.74, 6) is -0.492. The fourth-order valence-electron chi connectivity index (χ4n) is 1.47. The van der Waals surface area contributed by atoms with Crippen LogP contribution in [0.5, 0.6) is 5.75 Å². The molecular weight excluding hydrogens is 272 g/mol. The van der Waals surface area contributed by atoms with Crippen LogP contribution in [0.25, 0.3) is 0 Å². The number of phenolic OH excluding ortho intramolecular Hbond substituents is 1. The zero-order valence-corrected chi connectivity index (χ0v) is 12.4. The number of nitrogens with one attached hydrogen (secondary N) is 2. The van der Waals surface area contributed by atoms with Crippen LogP contribution in [0.3, 0.4) is 0 Å². The Morgan fingerprint density at radius 1 is 1.38 bits per heavy atom. The van der Waals surface area contributed by atoms with Crippen LogP contribution in [0.15, 0.2) is 30.9 Å². The highest BCUT2D eigenvalue weighted by molar-refractivity contribution is 5.99. The third-order valence-corrected chi connectivity index (χ3v) is 2.34. The van der Waals surface area contributed by atoms with Gasteiger partial charge in [-0.2, -0.15) is 0 Å². The second-order valence-electron chi connectivity index (χ2n) is 5.40. The van der Waals surface area contributed by atoms with Crippen LogP contribution in [-0.4, -0.2) is 22.7 Å². The number of hydrogen-bond donors (Lipinski definition) is 3. The fraction of sp³-hybridized carbons (Fsp3) is 0.333. The number of phenols is 1. The third kappa shape index (κ3) is 5.99. The van der Waals surface area contributed by atoms with Gasteiger partial charge in [0.15, 0.2) is 0 Å². The molecule has 0 saturated heterocycles. The number of anilines is 1. The van der Waals surface area contributed by atoms with Crippen molar-refractivity contribution in [1.29, 1.82) is 0 Å². The van der Waals surface area contributed by atoms with Crippen LogP contribution in [0, 0.1) is 0 Å². The molecular formula is C15H20N2O4. The highest BCUT2D eigenvalue weighted by Crippen LogP contribution is 2.24. The van der Waals surface area contributed by atoms with Gasteiger partial charge in [-0.05, 0) is 44.5 Å². The minimum atomic E-state index is -0.567. The normalized spacial score (nSPS) is 10.6. The zero-order valence-electron chi connectivity index (χ0n) is 12.4. The molecule has 0 radical (unpaired) electrons. The average molecular weight is 292 g/mol. The van der Waals surface area contributed by atoms with Crippen LogP contribution in [0.4, 0.5) is 10.5 Å². The molecule has 1 rings (SSSR count). The number of aromatic hydroxyl groups is 1. The Hall–Kier alpha value is -2.50. The molecule has 0 bridgehead atoms. The minimum Gasteiger partial charge on any atom is -0.506 e. The molecule has 114 valence electrons. The quantitative estimate of drug-likeness (QED) is 0.588. The van der Waals surface area contributed by atoms with Gasteiger partial charge >= 0.3 is 6.09 Å². The van der Waals surface area contributed by atoms with Crippen LogP contribution in [-0.2, 0) is 16.1 Å². The van der Waals surface area contributed by atoms with E-state index >= 15 is 0 Å². The molecule has 0 spiro atoms. The number of carbonyl (C=O) groups excluding carboxylic acids is 2. The fourth-order valence-corrected chi connectivity index (χ4v) is 1.47. The van der Waals surface area contributed by atoms with Crippen molar-refractivity contribution in [1.82, 2.24) is 5.32 Å². The zero-order chi connectivity index (χ0) is 16.0. The van der Waals surface area contributed by atoms with Crippen LogP contribution < -0.4 is 10.6 Å². The number of amides is 2. The van der Waals surface area contributed by atoms with Gasteiger partial charge < -0.3 is 20.5 Å². The summed E-state index contributed by atoms with van der Waals surface area (Å²) in [6.45, 7) is 8.87. The topological polar surface area (TPSA) is 87.7 Å². The maximum absolute atomic E-state index is 11.5. The summed E-state index contributed by atoms with van der Waals surface area (Å²) in [5.41, 5.74) is 0.392. The first-order chi connectivity index (χ1) is 9.71. The van der Waals surface area contributed by atoms with E-state index in [0.29, 0.717) is 5.56 Å². The van der Waals surface area contributed by atoms with E-state index in [1.165, 1.54) is 6.07 Å². The summed E-state index contributed by atoms with van der Waals surface area (Å²) in [7, 11) is 0. The maximum Gasteiger partial charge on any atom is 0.407 e. The molecule has 0 aliphatic rings. The van der Waals surface area contributed by atoms with E-state index < -0.39 is 17.6 Å². The third-order valence-electron chi connectivity index (χ3n) is 2.34. The lowest BCUT2D eigenvalue weighted by molar-refractivity contribution is -0.111. The molecule has 0 heterocycles. The van der Waals surface area contributed by atoms with Gasteiger partial charge in [0.2, 0.25) is 5.91 Å². The first-order valence-corrected chi connectivity index (χ1v) is 6.43. The Balaban J connectivity index is 2.68. The molecule has 1 aromatic rings. The van der Waals surface area contributed by atoms with E-state index in [1.807, 2.05) is 0 Å². The van der Waals surface area contributed by atoms with Gasteiger partial charge in [-0.1, -0.05) is 12.6 Å². The molecule has 3 N–H and O–H groups in total. The molecule has 6 heteroatoms. The molecule has 2 amide bonds. The first-order valence-electron chi connectivity index (χ1n) is 6.43. The van der Waals surface area contributed by atoms with Crippen LogP contribution in [0.2, 0.25) is 0 Å². The Labute approximate surface area is 123 Å². The lowest BCUT2D eigenvalue weighted by atomic mass is 10.2. The monoisotopic (exact) mass is 292 g/mol. The smallest absolute Gasteiger partial charge is 0.407 e. The van der Waals surface area contributed by atoms with E-state index in [4.69, 9.17) is 4.74 Å². The van der Waals surface area contributed by atoms with Gasteiger partial charge in [0, 0.05) is 6.54 Å². The molecule has 0 atom stereocenters. The van der Waals surface area contributed by atoms with E-state index in [2.05, 4.69) is 17.2 Å². The SMILES string of the molecule is C=CC(=O)Nc1cc(CNC(=O)OC(C)(C)C)ccc1O. The molecule has 6 nitrogen and oxygen atoms in total. The summed E-state index contributed by atoms with van der Waals surface area (Å²) in [6, 6.07) is 4.63. The molecule has 0 saturated carbocycles. The van der Waals surface area contributed by atoms with Gasteiger partial charge in [-0.15, -0.1) is 0 Å². The van der Waals surface area contributed by atoms with Crippen molar-refractivity contribution in [2.24, 2.45) is 0 Å². The van der Waals surface area contributed by atoms with Crippen LogP contribution >= 0.6 is 0 Å². The molecule has 0 aliphatic heterocycles. The molecule has 0 unspecified atom stereocenters. The maximum atomic E-state index is 11.5. The van der Waals surface area contributed by atoms with Crippen molar-refractivity contribution in [3.8, 4) is 5.75 Å². The summed E-state index contributed by atoms with van der Waals surface area (Å²) in [5, 5.41) is 14.7. The van der Waals surface area contributed by atoms with E-state index in [9.17, 15) is 14.7 Å². The van der Waals surface area contributed by atoms with Crippen molar-refractivity contribution in [3.63, 3.8) is 0 Å². The predicted octanol–water partition coefficient (Wildman–Crippen LogP) is 2.54. The van der Waals surface area contributed by atoms with Gasteiger partial charge in [0.1, 0.15) is 11.4 Å². The first kappa shape index (κ1) is 16.6. The summed E-state index contributed by atoms with van der Waals surface area (Å²) in [4.78, 5) is 22.8. The van der Waals surface area contributed by atoms with Crippen molar-refractivity contribution in [2.75, 3.05) is 5.32 Å². The number of carbonyl (C=O) groups is 2. The molecule has 1 aromatic carbocycles. The van der Waals surface area contributed by atoms with Gasteiger partial charge in [0.05, 0.1) is 5.69 Å². The standard InChI is InChI=1S/C15H20N2O4/c1-5-13(19)17-11-8-10(6-7-12(11)18)9-16-14(20)21-15(2,3)4/h5-8,18H,1,9H2,2-4H3,(H,16,20)(H,17,19). The Bertz CT molecular complexity index is 547. The number of rotatable bonds is 4. The van der Waals surface area contributed by atoms with Crippen molar-refractivity contribution in [3.05, 3.63) is 36.4 Å². The Morgan fingerprint density at radius 3 is 2.62 bits per heavy atom. The van der Waals surface area contributed by atoms with Crippen LogP contribution in [0.1, 0.15) is 26.3 Å². The molecule has 21 heavy (non-hydrogen) atoms. The van der Waals surface area contributed by atoms with Crippen molar-refractivity contribution < 1.29 is 19.4 Å². The van der Waals surface area contributed by atoms with E-state index in [1.54, 1.807) is 32.9 Å². The van der Waals surface area contributed by atoms with Crippen molar-refractivity contribution in [2.45, 2.75) is 32.9 Å². The number of benzene rings is 1. The van der Waals surface area contributed by atoms with E-state index in [0.717, 1.165) is 6.08 Å². The highest BCUT2D eigenvalue weighted by atomic mass is 16.6. The lowest BCUT2D eigenvalue weighted by Gasteiger charge is -2.19. The molecule has 0 aliphatic carbocycles. The minimum absolute atomic E-state index is 0.0637. The molecule has 0 fully saturated rings.